The van der Waals surface area contributed by atoms with Gasteiger partial charge >= 0.3 is 0 Å². The van der Waals surface area contributed by atoms with Crippen LogP contribution in [0.4, 0.5) is 0 Å². The largest absolute Gasteiger partial charge is 0.378 e. The smallest absolute Gasteiger partial charge is 0.252 e. The van der Waals surface area contributed by atoms with Gasteiger partial charge in [-0.1, -0.05) is 0 Å². The monoisotopic (exact) mass is 377 g/mol. The Morgan fingerprint density at radius 3 is 2.89 bits per heavy atom. The van der Waals surface area contributed by atoms with Crippen molar-refractivity contribution in [3.63, 3.8) is 0 Å². The molecular weight excluding hydrogens is 361 g/mol. The molecule has 1 aromatic heterocycles. The fraction of sp³-hybridized carbons (Fsp3) is 0.600. The summed E-state index contributed by atoms with van der Waals surface area (Å²) in [4.78, 5) is 10.1. The number of ether oxygens (including phenoxy) is 1. The van der Waals surface area contributed by atoms with Crippen molar-refractivity contribution < 1.29 is 4.74 Å². The maximum Gasteiger partial charge on any atom is 0.252 e. The Kier molecular flexibility index (Phi) is 6.51. The molecule has 0 bridgehead atoms. The van der Waals surface area contributed by atoms with Crippen molar-refractivity contribution in [1.82, 2.24) is 19.7 Å². The number of morpholine rings is 1. The Morgan fingerprint density at radius 1 is 1.53 bits per heavy atom. The third kappa shape index (κ3) is 4.64. The average molecular weight is 377 g/mol. The molecule has 9 heteroatoms. The van der Waals surface area contributed by atoms with Crippen molar-refractivity contribution >= 4 is 29.9 Å². The number of hydrogen-bond donors (Lipinski definition) is 1. The zero-order valence-corrected chi connectivity index (χ0v) is 12.7. The molecule has 0 spiro atoms. The van der Waals surface area contributed by atoms with Crippen LogP contribution in [0.15, 0.2) is 11.3 Å². The first-order chi connectivity index (χ1) is 8.79. The fourth-order valence-electron chi connectivity index (χ4n) is 1.61. The summed E-state index contributed by atoms with van der Waals surface area (Å²) in [7, 11) is 0. The molecule has 104 valence electrons. The molecule has 1 aliphatic heterocycles. The minimum atomic E-state index is 0. The quantitative estimate of drug-likeness (QED) is 0.429. The maximum atomic E-state index is 8.58. The van der Waals surface area contributed by atoms with Crippen molar-refractivity contribution in [2.24, 2.45) is 10.7 Å². The first kappa shape index (κ1) is 15.6. The summed E-state index contributed by atoms with van der Waals surface area (Å²) in [6.07, 6.45) is 1.51. The first-order valence-corrected chi connectivity index (χ1v) is 5.72. The molecule has 0 unspecified atom stereocenters. The number of nitrogens with zero attached hydrogens (tertiary/aromatic N) is 6. The van der Waals surface area contributed by atoms with Crippen molar-refractivity contribution in [1.29, 1.82) is 5.26 Å². The van der Waals surface area contributed by atoms with Crippen LogP contribution >= 0.6 is 24.0 Å². The summed E-state index contributed by atoms with van der Waals surface area (Å²) in [6, 6.07) is 1.87. The lowest BCUT2D eigenvalue weighted by Gasteiger charge is -2.27. The van der Waals surface area contributed by atoms with E-state index in [0.717, 1.165) is 13.1 Å². The van der Waals surface area contributed by atoms with E-state index in [0.29, 0.717) is 32.3 Å². The van der Waals surface area contributed by atoms with Crippen molar-refractivity contribution in [2.45, 2.75) is 6.54 Å². The van der Waals surface area contributed by atoms with Gasteiger partial charge in [-0.2, -0.15) is 5.26 Å². The van der Waals surface area contributed by atoms with E-state index in [1.807, 2.05) is 11.0 Å². The lowest BCUT2D eigenvalue weighted by molar-refractivity contribution is 0.0674. The van der Waals surface area contributed by atoms with Gasteiger partial charge in [0.05, 0.1) is 26.3 Å². The minimum absolute atomic E-state index is 0. The molecule has 19 heavy (non-hydrogen) atoms. The van der Waals surface area contributed by atoms with Crippen molar-refractivity contribution in [3.8, 4) is 6.07 Å². The predicted octanol–water partition coefficient (Wildman–Crippen LogP) is -0.585. The molecule has 0 amide bonds. The highest BCUT2D eigenvalue weighted by Crippen LogP contribution is 1.96. The summed E-state index contributed by atoms with van der Waals surface area (Å²) in [5.41, 5.74) is 5.87. The Morgan fingerprint density at radius 2 is 2.26 bits per heavy atom. The zero-order valence-electron chi connectivity index (χ0n) is 10.4. The molecule has 1 fully saturated rings. The molecule has 0 saturated carbocycles. The maximum absolute atomic E-state index is 8.58. The van der Waals surface area contributed by atoms with Crippen molar-refractivity contribution in [2.75, 3.05) is 32.8 Å². The molecule has 0 aliphatic carbocycles. The molecule has 2 N–H and O–H groups in total. The normalized spacial score (nSPS) is 15.7. The van der Waals surface area contributed by atoms with Crippen LogP contribution in [-0.4, -0.2) is 58.5 Å². The summed E-state index contributed by atoms with van der Waals surface area (Å²) in [5.74, 6) is 0.694. The van der Waals surface area contributed by atoms with E-state index in [9.17, 15) is 0 Å². The van der Waals surface area contributed by atoms with Gasteiger partial charge in [0.25, 0.3) is 5.82 Å². The van der Waals surface area contributed by atoms with Crippen LogP contribution in [-0.2, 0) is 11.3 Å². The summed E-state index contributed by atoms with van der Waals surface area (Å²) >= 11 is 0. The van der Waals surface area contributed by atoms with E-state index in [1.54, 1.807) is 4.68 Å². The Hall–Kier alpha value is -1.41. The van der Waals surface area contributed by atoms with Gasteiger partial charge in [0.15, 0.2) is 5.96 Å². The number of halogens is 1. The van der Waals surface area contributed by atoms with Gasteiger partial charge in [-0.3, -0.25) is 4.99 Å². The van der Waals surface area contributed by atoms with E-state index >= 15 is 0 Å². The third-order valence-corrected chi connectivity index (χ3v) is 2.57. The number of aliphatic imine (C=N–C) groups is 1. The highest BCUT2D eigenvalue weighted by molar-refractivity contribution is 14.0. The van der Waals surface area contributed by atoms with Gasteiger partial charge in [0.2, 0.25) is 0 Å². The number of rotatable bonds is 3. The molecule has 0 radical (unpaired) electrons. The Labute approximate surface area is 128 Å². The third-order valence-electron chi connectivity index (χ3n) is 2.57. The average Bonchev–Trinajstić information content (AvgIpc) is 2.87. The molecule has 0 aromatic carbocycles. The molecular formula is C10H16IN7O. The number of nitriles is 1. The Balaban J connectivity index is 0.00000180. The van der Waals surface area contributed by atoms with E-state index in [4.69, 9.17) is 15.7 Å². The lowest BCUT2D eigenvalue weighted by atomic mass is 10.4. The number of guanidine groups is 1. The van der Waals surface area contributed by atoms with Gasteiger partial charge in [-0.25, -0.2) is 9.67 Å². The van der Waals surface area contributed by atoms with Crippen molar-refractivity contribution in [3.05, 3.63) is 12.2 Å². The van der Waals surface area contributed by atoms with Crippen LogP contribution < -0.4 is 5.73 Å². The lowest BCUT2D eigenvalue weighted by Crippen LogP contribution is -2.44. The van der Waals surface area contributed by atoms with Gasteiger partial charge < -0.3 is 15.4 Å². The summed E-state index contributed by atoms with van der Waals surface area (Å²) < 4.78 is 6.81. The predicted molar refractivity (Wildman–Crippen MR) is 79.0 cm³/mol. The molecule has 1 aliphatic rings. The number of hydrogen-bond acceptors (Lipinski definition) is 5. The molecule has 2 heterocycles. The van der Waals surface area contributed by atoms with Crippen LogP contribution in [0, 0.1) is 11.3 Å². The van der Waals surface area contributed by atoms with Crippen LogP contribution in [0.5, 0.6) is 0 Å². The zero-order chi connectivity index (χ0) is 12.8. The van der Waals surface area contributed by atoms with Crippen LogP contribution in [0.1, 0.15) is 5.82 Å². The number of aromatic nitrogens is 3. The summed E-state index contributed by atoms with van der Waals surface area (Å²) in [5, 5.41) is 12.5. The highest BCUT2D eigenvalue weighted by atomic mass is 127. The van der Waals surface area contributed by atoms with E-state index in [2.05, 4.69) is 15.1 Å². The standard InChI is InChI=1S/C10H15N7O.HI/c11-7-9-14-8-17(15-9)2-1-13-10(12)16-3-5-18-6-4-16;/h8H,1-6H2,(H2,12,13);1H. The van der Waals surface area contributed by atoms with Gasteiger partial charge in [0.1, 0.15) is 12.4 Å². The van der Waals surface area contributed by atoms with Gasteiger partial charge in [-0.05, 0) is 0 Å². The van der Waals surface area contributed by atoms with E-state index in [-0.39, 0.29) is 29.8 Å². The minimum Gasteiger partial charge on any atom is -0.378 e. The fourth-order valence-corrected chi connectivity index (χ4v) is 1.61. The summed E-state index contributed by atoms with van der Waals surface area (Å²) in [6.45, 7) is 3.99. The SMILES string of the molecule is I.N#Cc1ncn(CCN=C(N)N2CCOCC2)n1. The molecule has 0 atom stereocenters. The van der Waals surface area contributed by atoms with Crippen LogP contribution in [0.2, 0.25) is 0 Å². The second kappa shape index (κ2) is 7.90. The van der Waals surface area contributed by atoms with Crippen LogP contribution in [0.25, 0.3) is 0 Å². The number of nitrogens with two attached hydrogens (primary N) is 1. The van der Waals surface area contributed by atoms with E-state index in [1.165, 1.54) is 6.33 Å². The van der Waals surface area contributed by atoms with Gasteiger partial charge in [-0.15, -0.1) is 29.1 Å². The first-order valence-electron chi connectivity index (χ1n) is 5.72. The highest BCUT2D eigenvalue weighted by Gasteiger charge is 2.11. The molecule has 1 saturated heterocycles. The molecule has 8 nitrogen and oxygen atoms in total. The molecule has 2 rings (SSSR count). The second-order valence-electron chi connectivity index (χ2n) is 3.78. The van der Waals surface area contributed by atoms with E-state index < -0.39 is 0 Å². The van der Waals surface area contributed by atoms with Gasteiger partial charge in [0, 0.05) is 13.1 Å². The van der Waals surface area contributed by atoms with Crippen LogP contribution in [0.3, 0.4) is 0 Å². The molecule has 1 aromatic rings. The second-order valence-corrected chi connectivity index (χ2v) is 3.78. The Bertz CT molecular complexity index is 461. The topological polar surface area (TPSA) is 105 Å².